The van der Waals surface area contributed by atoms with Crippen LogP contribution in [0.2, 0.25) is 0 Å². The molecule has 44 heavy (non-hydrogen) atoms. The number of ether oxygens (including phenoxy) is 1. The Kier molecular flexibility index (Phi) is 10.6. The van der Waals surface area contributed by atoms with E-state index >= 15 is 0 Å². The van der Waals surface area contributed by atoms with Gasteiger partial charge in [0.2, 0.25) is 0 Å². The fourth-order valence-corrected chi connectivity index (χ4v) is 6.23. The molecule has 0 aromatic heterocycles. The molecule has 8 heteroatoms. The average molecular weight is 599 g/mol. The summed E-state index contributed by atoms with van der Waals surface area (Å²) >= 11 is 0. The minimum absolute atomic E-state index is 0.0167. The average Bonchev–Trinajstić information content (AvgIpc) is 3.04. The number of anilines is 1. The number of hydrogen-bond donors (Lipinski definition) is 3. The number of aliphatic hydroxyl groups is 1. The van der Waals surface area contributed by atoms with Crippen LogP contribution in [0.3, 0.4) is 0 Å². The predicted molar refractivity (Wildman–Crippen MR) is 175 cm³/mol. The molecular formula is C36H46N4O4. The third-order valence-electron chi connectivity index (χ3n) is 8.87. The van der Waals surface area contributed by atoms with Gasteiger partial charge in [0.25, 0.3) is 5.91 Å². The molecule has 0 radical (unpaired) electrons. The third-order valence-corrected chi connectivity index (χ3v) is 8.87. The number of aliphatic hydroxyl groups excluding tert-OH is 1. The lowest BCUT2D eigenvalue weighted by Gasteiger charge is -2.38. The van der Waals surface area contributed by atoms with Crippen LogP contribution in [-0.2, 0) is 6.54 Å². The zero-order valence-corrected chi connectivity index (χ0v) is 26.2. The van der Waals surface area contributed by atoms with Gasteiger partial charge in [0.15, 0.2) is 0 Å². The molecule has 8 nitrogen and oxygen atoms in total. The molecule has 3 aromatic rings. The number of amides is 3. The van der Waals surface area contributed by atoms with Gasteiger partial charge in [-0.05, 0) is 61.7 Å². The van der Waals surface area contributed by atoms with E-state index in [-0.39, 0.29) is 42.7 Å². The molecule has 1 heterocycles. The fraction of sp³-hybridized carbons (Fsp3) is 0.444. The van der Waals surface area contributed by atoms with E-state index in [9.17, 15) is 14.7 Å². The lowest BCUT2D eigenvalue weighted by Crippen LogP contribution is -2.49. The third kappa shape index (κ3) is 7.98. The van der Waals surface area contributed by atoms with E-state index in [0.29, 0.717) is 30.1 Å². The molecule has 0 saturated heterocycles. The summed E-state index contributed by atoms with van der Waals surface area (Å²) in [4.78, 5) is 30.5. The van der Waals surface area contributed by atoms with Gasteiger partial charge >= 0.3 is 6.03 Å². The van der Waals surface area contributed by atoms with E-state index in [4.69, 9.17) is 4.74 Å². The van der Waals surface area contributed by atoms with Crippen molar-refractivity contribution in [3.63, 3.8) is 0 Å². The number of carbonyl (C=O) groups excluding carboxylic acids is 2. The lowest BCUT2D eigenvalue weighted by atomic mass is 9.96. The van der Waals surface area contributed by atoms with Crippen LogP contribution in [0.1, 0.15) is 61.9 Å². The number of benzene rings is 3. The molecule has 0 bridgehead atoms. The highest BCUT2D eigenvalue weighted by atomic mass is 16.5. The van der Waals surface area contributed by atoms with Crippen LogP contribution >= 0.6 is 0 Å². The highest BCUT2D eigenvalue weighted by Crippen LogP contribution is 2.31. The molecule has 3 amide bonds. The molecule has 3 atom stereocenters. The Bertz CT molecular complexity index is 1390. The number of likely N-dealkylation sites (N-methyl/N-ethyl adjacent to an activating group) is 1. The molecule has 1 fully saturated rings. The van der Waals surface area contributed by atoms with Crippen molar-refractivity contribution in [2.45, 2.75) is 70.7 Å². The predicted octanol–water partition coefficient (Wildman–Crippen LogP) is 6.16. The van der Waals surface area contributed by atoms with E-state index < -0.39 is 0 Å². The first-order chi connectivity index (χ1) is 21.3. The first kappa shape index (κ1) is 31.5. The van der Waals surface area contributed by atoms with E-state index in [1.807, 2.05) is 25.1 Å². The molecule has 0 unspecified atom stereocenters. The summed E-state index contributed by atoms with van der Waals surface area (Å²) in [6.45, 7) is 5.66. The highest BCUT2D eigenvalue weighted by molar-refractivity contribution is 5.99. The van der Waals surface area contributed by atoms with Crippen molar-refractivity contribution in [1.82, 2.24) is 15.1 Å². The lowest BCUT2D eigenvalue weighted by molar-refractivity contribution is 0.0341. The van der Waals surface area contributed by atoms with Crippen molar-refractivity contribution in [3.05, 3.63) is 83.9 Å². The largest absolute Gasteiger partial charge is 0.488 e. The van der Waals surface area contributed by atoms with Crippen molar-refractivity contribution in [2.24, 2.45) is 5.92 Å². The summed E-state index contributed by atoms with van der Waals surface area (Å²) in [7, 11) is 2.08. The molecule has 1 saturated carbocycles. The van der Waals surface area contributed by atoms with Crippen LogP contribution in [0.5, 0.6) is 5.75 Å². The first-order valence-electron chi connectivity index (χ1n) is 15.9. The Morgan fingerprint density at radius 2 is 1.73 bits per heavy atom. The summed E-state index contributed by atoms with van der Waals surface area (Å²) < 4.78 is 6.57. The van der Waals surface area contributed by atoms with Gasteiger partial charge in [-0.3, -0.25) is 9.69 Å². The molecule has 3 aromatic carbocycles. The standard InChI is InChI=1S/C36H46N4O4/c1-25-21-40(26(2)24-41)35(42)32-20-31(38-36(43)37-30-12-8-5-9-13-30)18-19-33(32)44-34(25)23-39(3)22-27-14-16-29(17-15-27)28-10-6-4-7-11-28/h4,6-7,10-11,14-20,25-26,30,34,41H,5,8-9,12-13,21-24H2,1-3H3,(H2,37,38,43)/t25-,26-,34+/m0/s1. The minimum Gasteiger partial charge on any atom is -0.488 e. The van der Waals surface area contributed by atoms with E-state index in [0.717, 1.165) is 32.2 Å². The quantitative estimate of drug-likeness (QED) is 0.274. The second kappa shape index (κ2) is 14.7. The SMILES string of the molecule is C[C@H]1CN([C@@H](C)CO)C(=O)c2cc(NC(=O)NC3CCCCC3)ccc2O[C@@H]1CN(C)Cc1ccc(-c2ccccc2)cc1. The second-order valence-electron chi connectivity index (χ2n) is 12.5. The van der Waals surface area contributed by atoms with Crippen LogP contribution in [0, 0.1) is 5.92 Å². The van der Waals surface area contributed by atoms with Crippen molar-refractivity contribution in [3.8, 4) is 16.9 Å². The monoisotopic (exact) mass is 598 g/mol. The summed E-state index contributed by atoms with van der Waals surface area (Å²) in [6, 6.07) is 23.8. The fourth-order valence-electron chi connectivity index (χ4n) is 6.23. The van der Waals surface area contributed by atoms with E-state index in [1.165, 1.54) is 23.1 Å². The Hall–Kier alpha value is -3.88. The van der Waals surface area contributed by atoms with Gasteiger partial charge in [0, 0.05) is 37.3 Å². The molecule has 1 aliphatic heterocycles. The van der Waals surface area contributed by atoms with Gasteiger partial charge in [0.1, 0.15) is 11.9 Å². The Balaban J connectivity index is 1.30. The van der Waals surface area contributed by atoms with E-state index in [2.05, 4.69) is 65.9 Å². The Morgan fingerprint density at radius 1 is 1.02 bits per heavy atom. The van der Waals surface area contributed by atoms with Crippen LogP contribution in [0.25, 0.3) is 11.1 Å². The summed E-state index contributed by atoms with van der Waals surface area (Å²) in [5.41, 5.74) is 4.51. The summed E-state index contributed by atoms with van der Waals surface area (Å²) in [5, 5.41) is 16.0. The Morgan fingerprint density at radius 3 is 2.43 bits per heavy atom. The molecule has 3 N–H and O–H groups in total. The van der Waals surface area contributed by atoms with Gasteiger partial charge in [-0.1, -0.05) is 80.8 Å². The maximum absolute atomic E-state index is 13.8. The van der Waals surface area contributed by atoms with Crippen LogP contribution < -0.4 is 15.4 Å². The van der Waals surface area contributed by atoms with Gasteiger partial charge in [-0.25, -0.2) is 4.79 Å². The van der Waals surface area contributed by atoms with Gasteiger partial charge in [0.05, 0.1) is 18.2 Å². The number of fused-ring (bicyclic) bond motifs is 1. The molecule has 0 spiro atoms. The van der Waals surface area contributed by atoms with Crippen molar-refractivity contribution in [2.75, 3.05) is 32.1 Å². The number of nitrogens with one attached hydrogen (secondary N) is 2. The second-order valence-corrected chi connectivity index (χ2v) is 12.5. The number of hydrogen-bond acceptors (Lipinski definition) is 5. The molecule has 1 aliphatic carbocycles. The van der Waals surface area contributed by atoms with Gasteiger partial charge in [-0.2, -0.15) is 0 Å². The molecule has 2 aliphatic rings. The number of urea groups is 1. The zero-order chi connectivity index (χ0) is 31.1. The van der Waals surface area contributed by atoms with E-state index in [1.54, 1.807) is 23.1 Å². The molecular weight excluding hydrogens is 552 g/mol. The molecule has 234 valence electrons. The maximum atomic E-state index is 13.8. The van der Waals surface area contributed by atoms with Crippen molar-refractivity contribution < 1.29 is 19.4 Å². The van der Waals surface area contributed by atoms with Crippen LogP contribution in [0.4, 0.5) is 10.5 Å². The van der Waals surface area contributed by atoms with Gasteiger partial charge in [-0.15, -0.1) is 0 Å². The number of nitrogens with zero attached hydrogens (tertiary/aromatic N) is 2. The topological polar surface area (TPSA) is 94.1 Å². The zero-order valence-electron chi connectivity index (χ0n) is 26.2. The van der Waals surface area contributed by atoms with Crippen molar-refractivity contribution >= 4 is 17.6 Å². The number of carbonyl (C=O) groups is 2. The molecule has 5 rings (SSSR count). The maximum Gasteiger partial charge on any atom is 0.319 e. The summed E-state index contributed by atoms with van der Waals surface area (Å²) in [5.74, 6) is 0.290. The normalized spacial score (nSPS) is 19.8. The highest BCUT2D eigenvalue weighted by Gasteiger charge is 2.33. The number of rotatable bonds is 9. The summed E-state index contributed by atoms with van der Waals surface area (Å²) in [6.07, 6.45) is 5.26. The van der Waals surface area contributed by atoms with Crippen LogP contribution in [0.15, 0.2) is 72.8 Å². The van der Waals surface area contributed by atoms with Crippen molar-refractivity contribution in [1.29, 1.82) is 0 Å². The van der Waals surface area contributed by atoms with Crippen LogP contribution in [-0.4, -0.2) is 71.8 Å². The minimum atomic E-state index is -0.358. The smallest absolute Gasteiger partial charge is 0.319 e. The van der Waals surface area contributed by atoms with Gasteiger partial charge < -0.3 is 25.4 Å². The Labute approximate surface area is 261 Å². The first-order valence-corrected chi connectivity index (χ1v) is 15.9.